The van der Waals surface area contributed by atoms with Crippen molar-refractivity contribution < 1.29 is 14.7 Å². The lowest BCUT2D eigenvalue weighted by atomic mass is 9.33. The van der Waals surface area contributed by atoms with Crippen molar-refractivity contribution in [1.29, 1.82) is 0 Å². The minimum absolute atomic E-state index is 0.0317. The van der Waals surface area contributed by atoms with Crippen LogP contribution in [0.1, 0.15) is 118 Å². The highest BCUT2D eigenvalue weighted by Gasteiger charge is 2.69. The molecule has 8 atom stereocenters. The summed E-state index contributed by atoms with van der Waals surface area (Å²) in [5, 5.41) is 11.1. The van der Waals surface area contributed by atoms with Crippen LogP contribution >= 0.6 is 0 Å². The van der Waals surface area contributed by atoms with E-state index in [9.17, 15) is 14.7 Å². The van der Waals surface area contributed by atoms with E-state index in [0.717, 1.165) is 56.9 Å². The first-order chi connectivity index (χ1) is 22.6. The van der Waals surface area contributed by atoms with Crippen molar-refractivity contribution in [3.05, 3.63) is 53.6 Å². The van der Waals surface area contributed by atoms with Gasteiger partial charge < -0.3 is 14.9 Å². The van der Waals surface area contributed by atoms with Crippen LogP contribution in [0.3, 0.4) is 0 Å². The molecule has 1 saturated heterocycles. The van der Waals surface area contributed by atoms with Crippen LogP contribution in [0.5, 0.6) is 0 Å². The van der Waals surface area contributed by atoms with Crippen LogP contribution in [0, 0.1) is 50.2 Å². The fourth-order valence-electron chi connectivity index (χ4n) is 12.9. The van der Waals surface area contributed by atoms with Crippen LogP contribution in [-0.4, -0.2) is 59.0 Å². The molecule has 2 amide bonds. The van der Waals surface area contributed by atoms with E-state index in [1.54, 1.807) is 11.6 Å². The van der Waals surface area contributed by atoms with Crippen LogP contribution in [0.15, 0.2) is 48.1 Å². The molecule has 6 aliphatic rings. The maximum absolute atomic E-state index is 14.9. The lowest BCUT2D eigenvalue weighted by molar-refractivity contribution is -0.204. The van der Waals surface area contributed by atoms with Gasteiger partial charge in [0, 0.05) is 32.3 Å². The number of nitrogens with zero attached hydrogens (tertiary/aromatic N) is 2. The topological polar surface area (TPSA) is 60.9 Å². The fraction of sp³-hybridized carbons (Fsp3) is 0.721. The first-order valence-corrected chi connectivity index (χ1v) is 19.3. The Morgan fingerprint density at radius 2 is 1.46 bits per heavy atom. The second-order valence-corrected chi connectivity index (χ2v) is 19.1. The summed E-state index contributed by atoms with van der Waals surface area (Å²) in [5.41, 5.74) is 2.98. The summed E-state index contributed by atoms with van der Waals surface area (Å²) >= 11 is 0. The largest absolute Gasteiger partial charge is 0.393 e. The molecule has 1 aromatic carbocycles. The number of aliphatic hydroxyl groups excluding tert-OH is 1. The van der Waals surface area contributed by atoms with E-state index < -0.39 is 0 Å². The van der Waals surface area contributed by atoms with Gasteiger partial charge in [0.15, 0.2) is 0 Å². The lowest BCUT2D eigenvalue weighted by Crippen LogP contribution is -2.66. The van der Waals surface area contributed by atoms with Crippen LogP contribution in [0.2, 0.25) is 0 Å². The Morgan fingerprint density at radius 1 is 0.792 bits per heavy atom. The molecule has 0 unspecified atom stereocenters. The Bertz CT molecular complexity index is 1490. The molecule has 1 heterocycles. The number of carbonyl (C=O) groups is 2. The van der Waals surface area contributed by atoms with E-state index >= 15 is 0 Å². The molecule has 0 radical (unpaired) electrons. The van der Waals surface area contributed by atoms with Gasteiger partial charge in [-0.3, -0.25) is 9.59 Å². The van der Waals surface area contributed by atoms with Crippen LogP contribution in [0.4, 0.5) is 0 Å². The third-order valence-electron chi connectivity index (χ3n) is 16.1. The molecule has 1 N–H and O–H groups in total. The monoisotopic (exact) mass is 654 g/mol. The average molecular weight is 655 g/mol. The summed E-state index contributed by atoms with van der Waals surface area (Å²) in [5.74, 6) is 1.83. The van der Waals surface area contributed by atoms with Crippen molar-refractivity contribution in [2.45, 2.75) is 119 Å². The molecule has 1 aliphatic heterocycles. The molecule has 48 heavy (non-hydrogen) atoms. The highest BCUT2D eigenvalue weighted by molar-refractivity contribution is 5.92. The van der Waals surface area contributed by atoms with E-state index in [-0.39, 0.29) is 50.4 Å². The van der Waals surface area contributed by atoms with Gasteiger partial charge in [-0.05, 0) is 121 Å². The molecule has 5 fully saturated rings. The van der Waals surface area contributed by atoms with Crippen LogP contribution < -0.4 is 0 Å². The van der Waals surface area contributed by atoms with Gasteiger partial charge in [-0.1, -0.05) is 90.4 Å². The standard InChI is InChI=1S/C43H62N2O3/c1-38(2)21-23-43(37(48)45-27-25-44(26-28-45)36(47)16-13-30-11-9-8-10-12-30)24-22-41(6)31(32(43)29-38)14-15-34-40(5)19-18-35(46)39(3,4)33(40)17-20-42(34,41)7/h8-14,16,32-35,46H,15,17-29H2,1-7H3/b16-13+/t32-,33-,34+,35-,40-,41+,42+,43-/m0/s1. The Hall–Kier alpha value is -2.40. The van der Waals surface area contributed by atoms with Gasteiger partial charge in [-0.2, -0.15) is 0 Å². The first-order valence-electron chi connectivity index (χ1n) is 19.3. The molecule has 5 nitrogen and oxygen atoms in total. The molecule has 0 spiro atoms. The van der Waals surface area contributed by atoms with Crippen LogP contribution in [0.25, 0.3) is 6.08 Å². The maximum Gasteiger partial charge on any atom is 0.246 e. The van der Waals surface area contributed by atoms with E-state index in [1.807, 2.05) is 41.3 Å². The zero-order chi connectivity index (χ0) is 34.3. The lowest BCUT2D eigenvalue weighted by Gasteiger charge is -2.71. The van der Waals surface area contributed by atoms with E-state index in [2.05, 4.69) is 59.4 Å². The third kappa shape index (κ3) is 5.02. The van der Waals surface area contributed by atoms with Crippen molar-refractivity contribution in [2.24, 2.45) is 50.2 Å². The number of piperazine rings is 1. The van der Waals surface area contributed by atoms with Crippen molar-refractivity contribution >= 4 is 17.9 Å². The van der Waals surface area contributed by atoms with Crippen molar-refractivity contribution in [2.75, 3.05) is 26.2 Å². The highest BCUT2D eigenvalue weighted by Crippen LogP contribution is 2.75. The number of carbonyl (C=O) groups excluding carboxylic acids is 2. The van der Waals surface area contributed by atoms with E-state index in [4.69, 9.17) is 0 Å². The number of rotatable bonds is 3. The molecular weight excluding hydrogens is 592 g/mol. The summed E-state index contributed by atoms with van der Waals surface area (Å²) in [6, 6.07) is 9.96. The minimum Gasteiger partial charge on any atom is -0.393 e. The zero-order valence-electron chi connectivity index (χ0n) is 31.0. The molecule has 0 bridgehead atoms. The third-order valence-corrected chi connectivity index (χ3v) is 16.1. The SMILES string of the molecule is CC1(C)CC[C@]2(C(=O)N3CCN(C(=O)/C=C/c4ccccc4)CC3)CC[C@]3(C)C(=CC[C@@H]4[C@@]5(C)CC[C@H](O)C(C)(C)[C@@H]5CC[C@]43C)[C@@H]2C1. The summed E-state index contributed by atoms with van der Waals surface area (Å²) in [7, 11) is 0. The second-order valence-electron chi connectivity index (χ2n) is 19.1. The van der Waals surface area contributed by atoms with Gasteiger partial charge in [-0.15, -0.1) is 0 Å². The number of aliphatic hydroxyl groups is 1. The van der Waals surface area contributed by atoms with Gasteiger partial charge >= 0.3 is 0 Å². The van der Waals surface area contributed by atoms with E-state index in [1.165, 1.54) is 12.8 Å². The number of hydrogen-bond acceptors (Lipinski definition) is 3. The molecule has 262 valence electrons. The van der Waals surface area contributed by atoms with E-state index in [0.29, 0.717) is 43.9 Å². The normalized spacial score (nSPS) is 41.8. The molecule has 1 aromatic rings. The molecule has 7 rings (SSSR count). The number of allylic oxidation sites excluding steroid dienone is 2. The molecule has 5 heteroatoms. The minimum atomic E-state index is -0.332. The van der Waals surface area contributed by atoms with Gasteiger partial charge in [-0.25, -0.2) is 0 Å². The average Bonchev–Trinajstić information content (AvgIpc) is 3.06. The first kappa shape index (κ1) is 34.1. The maximum atomic E-state index is 14.9. The van der Waals surface area contributed by atoms with Crippen molar-refractivity contribution in [1.82, 2.24) is 9.80 Å². The predicted octanol–water partition coefficient (Wildman–Crippen LogP) is 8.53. The summed E-state index contributed by atoms with van der Waals surface area (Å²) in [6.45, 7) is 19.8. The number of hydrogen-bond donors (Lipinski definition) is 1. The quantitative estimate of drug-likeness (QED) is 0.263. The van der Waals surface area contributed by atoms with Gasteiger partial charge in [0.25, 0.3) is 0 Å². The zero-order valence-corrected chi connectivity index (χ0v) is 31.0. The summed E-state index contributed by atoms with van der Waals surface area (Å²) in [4.78, 5) is 32.1. The predicted molar refractivity (Wildman–Crippen MR) is 194 cm³/mol. The molecular formula is C43H62N2O3. The number of amides is 2. The smallest absolute Gasteiger partial charge is 0.246 e. The Morgan fingerprint density at radius 3 is 2.17 bits per heavy atom. The Balaban J connectivity index is 1.14. The molecule has 5 aliphatic carbocycles. The van der Waals surface area contributed by atoms with Crippen LogP contribution in [-0.2, 0) is 9.59 Å². The number of benzene rings is 1. The van der Waals surface area contributed by atoms with Crippen molar-refractivity contribution in [3.63, 3.8) is 0 Å². The Labute approximate surface area is 290 Å². The molecule has 0 aromatic heterocycles. The van der Waals surface area contributed by atoms with Gasteiger partial charge in [0.2, 0.25) is 11.8 Å². The molecule has 4 saturated carbocycles. The second kappa shape index (κ2) is 11.6. The number of fused-ring (bicyclic) bond motifs is 7. The Kier molecular flexibility index (Phi) is 8.21. The van der Waals surface area contributed by atoms with Gasteiger partial charge in [0.05, 0.1) is 11.5 Å². The fourth-order valence-corrected chi connectivity index (χ4v) is 12.9. The van der Waals surface area contributed by atoms with Crippen molar-refractivity contribution in [3.8, 4) is 0 Å². The highest BCUT2D eigenvalue weighted by atomic mass is 16.3. The summed E-state index contributed by atoms with van der Waals surface area (Å²) in [6.07, 6.45) is 16.8. The van der Waals surface area contributed by atoms with Gasteiger partial charge in [0.1, 0.15) is 0 Å². The summed E-state index contributed by atoms with van der Waals surface area (Å²) < 4.78 is 0.